The van der Waals surface area contributed by atoms with E-state index in [1.54, 1.807) is 11.3 Å². The molecule has 1 aromatic rings. The molecule has 5 nitrogen and oxygen atoms in total. The van der Waals surface area contributed by atoms with E-state index in [1.807, 2.05) is 20.8 Å². The van der Waals surface area contributed by atoms with Gasteiger partial charge in [0, 0.05) is 16.5 Å². The van der Waals surface area contributed by atoms with Crippen molar-refractivity contribution in [3.8, 4) is 0 Å². The minimum Gasteiger partial charge on any atom is -0.349 e. The summed E-state index contributed by atoms with van der Waals surface area (Å²) in [5, 5.41) is 6.80. The Bertz CT molecular complexity index is 581. The van der Waals surface area contributed by atoms with E-state index in [9.17, 15) is 9.59 Å². The minimum atomic E-state index is -0.461. The Morgan fingerprint density at radius 2 is 2.18 bits per heavy atom. The van der Waals surface area contributed by atoms with Crippen LogP contribution in [0, 0.1) is 6.92 Å². The number of thioether (sulfide) groups is 1. The third kappa shape index (κ3) is 3.81. The Labute approximate surface area is 139 Å². The molecule has 2 amide bonds. The molecule has 2 N–H and O–H groups in total. The minimum absolute atomic E-state index is 0.0834. The first-order valence-electron chi connectivity index (χ1n) is 7.39. The van der Waals surface area contributed by atoms with Crippen molar-refractivity contribution in [2.75, 3.05) is 5.75 Å². The molecule has 22 heavy (non-hydrogen) atoms. The summed E-state index contributed by atoms with van der Waals surface area (Å²) in [4.78, 5) is 29.7. The lowest BCUT2D eigenvalue weighted by Gasteiger charge is -2.32. The highest BCUT2D eigenvalue weighted by atomic mass is 32.2. The molecule has 1 fully saturated rings. The second-order valence-corrected chi connectivity index (χ2v) is 9.04. The monoisotopic (exact) mass is 341 g/mol. The van der Waals surface area contributed by atoms with Crippen LogP contribution in [0.3, 0.4) is 0 Å². The summed E-state index contributed by atoms with van der Waals surface area (Å²) in [5.41, 5.74) is 0.970. The molecule has 0 radical (unpaired) electrons. The fourth-order valence-corrected chi connectivity index (χ4v) is 4.04. The molecule has 1 aliphatic heterocycles. The average Bonchev–Trinajstić information content (AvgIpc) is 2.81. The SMILES string of the molecule is Cc1nc(C(C)C)sc1CNC(=O)C1CSC(C)(C)C(=O)N1. The van der Waals surface area contributed by atoms with Crippen LogP contribution in [-0.4, -0.2) is 33.3 Å². The highest BCUT2D eigenvalue weighted by Gasteiger charge is 2.37. The van der Waals surface area contributed by atoms with Crippen LogP contribution in [0.4, 0.5) is 0 Å². The molecule has 0 spiro atoms. The van der Waals surface area contributed by atoms with Crippen molar-refractivity contribution in [3.05, 3.63) is 15.6 Å². The summed E-state index contributed by atoms with van der Waals surface area (Å²) >= 11 is 3.15. The molecule has 0 bridgehead atoms. The number of amides is 2. The molecule has 1 atom stereocenters. The van der Waals surface area contributed by atoms with Crippen molar-refractivity contribution in [1.82, 2.24) is 15.6 Å². The van der Waals surface area contributed by atoms with E-state index in [2.05, 4.69) is 29.5 Å². The summed E-state index contributed by atoms with van der Waals surface area (Å²) in [6.07, 6.45) is 0. The number of aromatic nitrogens is 1. The van der Waals surface area contributed by atoms with Gasteiger partial charge in [0.05, 0.1) is 22.0 Å². The van der Waals surface area contributed by atoms with Gasteiger partial charge in [-0.1, -0.05) is 13.8 Å². The molecular formula is C15H23N3O2S2. The van der Waals surface area contributed by atoms with Gasteiger partial charge in [-0.3, -0.25) is 9.59 Å². The molecule has 1 aliphatic rings. The largest absolute Gasteiger partial charge is 0.349 e. The van der Waals surface area contributed by atoms with Crippen molar-refractivity contribution < 1.29 is 9.59 Å². The lowest BCUT2D eigenvalue weighted by Crippen LogP contribution is -2.57. The summed E-state index contributed by atoms with van der Waals surface area (Å²) in [6.45, 7) is 10.4. The normalized spacial score (nSPS) is 20.8. The number of nitrogens with one attached hydrogen (secondary N) is 2. The molecule has 2 rings (SSSR count). The molecule has 1 aromatic heterocycles. The fraction of sp³-hybridized carbons (Fsp3) is 0.667. The summed E-state index contributed by atoms with van der Waals surface area (Å²) in [7, 11) is 0. The van der Waals surface area contributed by atoms with E-state index in [0.717, 1.165) is 15.6 Å². The van der Waals surface area contributed by atoms with Crippen molar-refractivity contribution in [2.45, 2.75) is 57.9 Å². The van der Waals surface area contributed by atoms with Gasteiger partial charge >= 0.3 is 0 Å². The first kappa shape index (κ1) is 17.3. The molecule has 122 valence electrons. The van der Waals surface area contributed by atoms with Gasteiger partial charge in [0.25, 0.3) is 0 Å². The number of carbonyl (C=O) groups excluding carboxylic acids is 2. The van der Waals surface area contributed by atoms with E-state index < -0.39 is 10.8 Å². The molecule has 7 heteroatoms. The molecule has 2 heterocycles. The second-order valence-electron chi connectivity index (χ2n) is 6.28. The maximum atomic E-state index is 12.2. The van der Waals surface area contributed by atoms with Gasteiger partial charge in [0.2, 0.25) is 11.8 Å². The standard InChI is InChI=1S/C15H23N3O2S2/c1-8(2)13-17-9(3)11(22-13)6-16-12(19)10-7-21-15(4,5)14(20)18-10/h8,10H,6-7H2,1-5H3,(H,16,19)(H,18,20). The van der Waals surface area contributed by atoms with E-state index in [1.165, 1.54) is 11.8 Å². The zero-order chi connectivity index (χ0) is 16.5. The number of hydrogen-bond acceptors (Lipinski definition) is 5. The number of thiazole rings is 1. The summed E-state index contributed by atoms with van der Waals surface area (Å²) in [5.74, 6) is 0.781. The molecule has 0 saturated carbocycles. The van der Waals surface area contributed by atoms with Crippen LogP contribution in [0.15, 0.2) is 0 Å². The molecule has 0 aliphatic carbocycles. The van der Waals surface area contributed by atoms with E-state index in [4.69, 9.17) is 0 Å². The van der Waals surface area contributed by atoms with Crippen LogP contribution in [0.2, 0.25) is 0 Å². The first-order valence-corrected chi connectivity index (χ1v) is 9.19. The van der Waals surface area contributed by atoms with Crippen molar-refractivity contribution in [1.29, 1.82) is 0 Å². The topological polar surface area (TPSA) is 71.1 Å². The van der Waals surface area contributed by atoms with Gasteiger partial charge in [0.1, 0.15) is 6.04 Å². The molecule has 1 unspecified atom stereocenters. The first-order chi connectivity index (χ1) is 10.2. The van der Waals surface area contributed by atoms with Gasteiger partial charge in [-0.05, 0) is 20.8 Å². The zero-order valence-electron chi connectivity index (χ0n) is 13.6. The Kier molecular flexibility index (Phi) is 5.17. The summed E-state index contributed by atoms with van der Waals surface area (Å²) in [6, 6.07) is -0.455. The van der Waals surface area contributed by atoms with Gasteiger partial charge in [0.15, 0.2) is 0 Å². The van der Waals surface area contributed by atoms with Gasteiger partial charge in [-0.25, -0.2) is 4.98 Å². The Morgan fingerprint density at radius 3 is 2.73 bits per heavy atom. The third-order valence-corrected chi connectivity index (χ3v) is 6.47. The van der Waals surface area contributed by atoms with Crippen LogP contribution in [-0.2, 0) is 16.1 Å². The number of carbonyl (C=O) groups is 2. The average molecular weight is 342 g/mol. The molecular weight excluding hydrogens is 318 g/mol. The number of rotatable bonds is 4. The highest BCUT2D eigenvalue weighted by molar-refractivity contribution is 8.01. The zero-order valence-corrected chi connectivity index (χ0v) is 15.3. The Hall–Kier alpha value is -1.08. The summed E-state index contributed by atoms with van der Waals surface area (Å²) < 4.78 is -0.461. The van der Waals surface area contributed by atoms with Crippen LogP contribution in [0.5, 0.6) is 0 Å². The maximum absolute atomic E-state index is 12.2. The predicted molar refractivity (Wildman–Crippen MR) is 91.3 cm³/mol. The van der Waals surface area contributed by atoms with Gasteiger partial charge < -0.3 is 10.6 Å². The Balaban J connectivity index is 1.92. The van der Waals surface area contributed by atoms with Gasteiger partial charge in [-0.15, -0.1) is 23.1 Å². The van der Waals surface area contributed by atoms with Crippen molar-refractivity contribution in [2.24, 2.45) is 0 Å². The second kappa shape index (κ2) is 6.58. The van der Waals surface area contributed by atoms with Crippen molar-refractivity contribution >= 4 is 34.9 Å². The van der Waals surface area contributed by atoms with Crippen molar-refractivity contribution in [3.63, 3.8) is 0 Å². The lowest BCUT2D eigenvalue weighted by atomic mass is 10.1. The number of hydrogen-bond donors (Lipinski definition) is 2. The van der Waals surface area contributed by atoms with Crippen LogP contribution >= 0.6 is 23.1 Å². The van der Waals surface area contributed by atoms with Crippen LogP contribution < -0.4 is 10.6 Å². The maximum Gasteiger partial charge on any atom is 0.243 e. The number of aryl methyl sites for hydroxylation is 1. The molecule has 1 saturated heterocycles. The molecule has 0 aromatic carbocycles. The van der Waals surface area contributed by atoms with E-state index in [-0.39, 0.29) is 11.8 Å². The van der Waals surface area contributed by atoms with Gasteiger partial charge in [-0.2, -0.15) is 0 Å². The smallest absolute Gasteiger partial charge is 0.243 e. The lowest BCUT2D eigenvalue weighted by molar-refractivity contribution is -0.129. The van der Waals surface area contributed by atoms with E-state index >= 15 is 0 Å². The highest BCUT2D eigenvalue weighted by Crippen LogP contribution is 2.29. The quantitative estimate of drug-likeness (QED) is 0.881. The van der Waals surface area contributed by atoms with Crippen LogP contribution in [0.1, 0.15) is 49.2 Å². The fourth-order valence-electron chi connectivity index (χ4n) is 2.02. The third-order valence-electron chi connectivity index (χ3n) is 3.61. The number of nitrogens with zero attached hydrogens (tertiary/aromatic N) is 1. The van der Waals surface area contributed by atoms with E-state index in [0.29, 0.717) is 18.2 Å². The Morgan fingerprint density at radius 1 is 1.50 bits per heavy atom. The van der Waals surface area contributed by atoms with Crippen LogP contribution in [0.25, 0.3) is 0 Å². The predicted octanol–water partition coefficient (Wildman–Crippen LogP) is 2.20.